The number of allylic oxidation sites excluding steroid dienone is 10. The van der Waals surface area contributed by atoms with Crippen molar-refractivity contribution in [2.45, 2.75) is 192 Å². The largest absolute Gasteiger partial charge is 0.462 e. The van der Waals surface area contributed by atoms with Gasteiger partial charge >= 0.3 is 11.9 Å². The van der Waals surface area contributed by atoms with Crippen LogP contribution in [0.15, 0.2) is 60.8 Å². The lowest BCUT2D eigenvalue weighted by molar-refractivity contribution is -0.305. The lowest BCUT2D eigenvalue weighted by Crippen LogP contribution is -2.59. The summed E-state index contributed by atoms with van der Waals surface area (Å²) in [6.45, 7) is 3.23. The number of aliphatic hydroxyl groups is 4. The second kappa shape index (κ2) is 35.8. The van der Waals surface area contributed by atoms with E-state index in [1.165, 1.54) is 57.8 Å². The molecule has 1 rings (SSSR count). The number of esters is 2. The molecule has 4 N–H and O–H groups in total. The van der Waals surface area contributed by atoms with Gasteiger partial charge in [0.05, 0.1) is 13.2 Å². The zero-order chi connectivity index (χ0) is 40.2. The van der Waals surface area contributed by atoms with Crippen LogP contribution in [0.4, 0.5) is 0 Å². The van der Waals surface area contributed by atoms with Crippen LogP contribution in [0.25, 0.3) is 0 Å². The molecule has 1 aliphatic rings. The van der Waals surface area contributed by atoms with Gasteiger partial charge in [0.1, 0.15) is 31.0 Å². The van der Waals surface area contributed by atoms with Gasteiger partial charge in [0, 0.05) is 12.8 Å². The minimum Gasteiger partial charge on any atom is -0.462 e. The monoisotopic (exact) mass is 777 g/mol. The summed E-state index contributed by atoms with van der Waals surface area (Å²) in [5.41, 5.74) is 0. The molecule has 10 nitrogen and oxygen atoms in total. The van der Waals surface area contributed by atoms with E-state index in [1.54, 1.807) is 0 Å². The second-order valence-corrected chi connectivity index (χ2v) is 14.4. The number of unbranched alkanes of at least 4 members (excludes halogenated alkanes) is 13. The van der Waals surface area contributed by atoms with Crippen molar-refractivity contribution < 1.29 is 49.0 Å². The van der Waals surface area contributed by atoms with Gasteiger partial charge in [-0.1, -0.05) is 126 Å². The molecule has 2 unspecified atom stereocenters. The van der Waals surface area contributed by atoms with Crippen molar-refractivity contribution in [2.75, 3.05) is 19.8 Å². The van der Waals surface area contributed by atoms with Crippen LogP contribution in [0, 0.1) is 0 Å². The van der Waals surface area contributed by atoms with Crippen molar-refractivity contribution in [3.8, 4) is 0 Å². The van der Waals surface area contributed by atoms with E-state index in [-0.39, 0.29) is 26.1 Å². The molecule has 1 aliphatic heterocycles. The summed E-state index contributed by atoms with van der Waals surface area (Å²) in [7, 11) is 0. The zero-order valence-electron chi connectivity index (χ0n) is 34.2. The van der Waals surface area contributed by atoms with E-state index < -0.39 is 55.4 Å². The van der Waals surface area contributed by atoms with Gasteiger partial charge in [-0.25, -0.2) is 0 Å². The predicted octanol–water partition coefficient (Wildman–Crippen LogP) is 8.66. The molecule has 0 bridgehead atoms. The highest BCUT2D eigenvalue weighted by Gasteiger charge is 2.44. The van der Waals surface area contributed by atoms with Crippen LogP contribution >= 0.6 is 0 Å². The first kappa shape index (κ1) is 50.4. The third kappa shape index (κ3) is 27.6. The number of carbonyl (C=O) groups is 2. The smallest absolute Gasteiger partial charge is 0.306 e. The van der Waals surface area contributed by atoms with E-state index in [0.29, 0.717) is 12.8 Å². The molecule has 0 aromatic carbocycles. The fourth-order valence-corrected chi connectivity index (χ4v) is 6.00. The van der Waals surface area contributed by atoms with Crippen LogP contribution in [0.5, 0.6) is 0 Å². The maximum atomic E-state index is 12.7. The molecule has 1 fully saturated rings. The molecule has 10 heteroatoms. The minimum atomic E-state index is -1.61. The Balaban J connectivity index is 2.41. The fourth-order valence-electron chi connectivity index (χ4n) is 6.00. The van der Waals surface area contributed by atoms with Gasteiger partial charge in [0.2, 0.25) is 0 Å². The summed E-state index contributed by atoms with van der Waals surface area (Å²) in [5.74, 6) is -0.886. The summed E-state index contributed by atoms with van der Waals surface area (Å²) in [6.07, 6.45) is 35.2. The molecule has 55 heavy (non-hydrogen) atoms. The molecule has 0 spiro atoms. The molecule has 316 valence electrons. The Kier molecular flexibility index (Phi) is 32.8. The van der Waals surface area contributed by atoms with Crippen molar-refractivity contribution in [3.05, 3.63) is 60.8 Å². The van der Waals surface area contributed by atoms with Crippen LogP contribution < -0.4 is 0 Å². The van der Waals surface area contributed by atoms with Crippen LogP contribution in [0.3, 0.4) is 0 Å². The lowest BCUT2D eigenvalue weighted by atomic mass is 9.99. The van der Waals surface area contributed by atoms with E-state index in [4.69, 9.17) is 18.9 Å². The van der Waals surface area contributed by atoms with Crippen molar-refractivity contribution in [3.63, 3.8) is 0 Å². The molecule has 0 aromatic rings. The molecule has 0 amide bonds. The number of rotatable bonds is 34. The highest BCUT2D eigenvalue weighted by atomic mass is 16.7. The van der Waals surface area contributed by atoms with Crippen LogP contribution in [0.1, 0.15) is 155 Å². The number of hydrogen-bond donors (Lipinski definition) is 4. The topological polar surface area (TPSA) is 152 Å². The predicted molar refractivity (Wildman–Crippen MR) is 219 cm³/mol. The van der Waals surface area contributed by atoms with E-state index >= 15 is 0 Å². The van der Waals surface area contributed by atoms with Gasteiger partial charge in [-0.3, -0.25) is 9.59 Å². The number of ether oxygens (including phenoxy) is 4. The first-order chi connectivity index (χ1) is 26.8. The zero-order valence-corrected chi connectivity index (χ0v) is 34.2. The molecule has 0 saturated carbocycles. The number of hydrogen-bond acceptors (Lipinski definition) is 10. The van der Waals surface area contributed by atoms with Gasteiger partial charge in [-0.05, 0) is 77.0 Å². The Morgan fingerprint density at radius 2 is 1.07 bits per heavy atom. The van der Waals surface area contributed by atoms with E-state index in [2.05, 4.69) is 74.6 Å². The standard InChI is InChI=1S/C45H76O10/c1-3-5-7-9-11-13-15-17-19-21-23-25-27-29-31-33-40(47)52-36-38(37-53-45-44(51)43(50)42(49)39(35-46)55-45)54-41(48)34-32-30-28-26-24-22-20-18-16-14-12-10-8-6-4-2/h6,8,12,14,18,20,23-26,38-39,42-46,49-51H,3-5,7,9-11,13,15-17,19,21-22,27-37H2,1-2H3/b8-6+,14-12+,20-18+,25-23+,26-24+/t38-,39-,42+,43?,44?,45-/m0/s1. The second-order valence-electron chi connectivity index (χ2n) is 14.4. The Labute approximate surface area is 332 Å². The average molecular weight is 777 g/mol. The molecule has 1 saturated heterocycles. The SMILES string of the molecule is CC/C=C/C/C=C/C/C=C/C/C=C/CCCCC(=O)O[C@@H](COC(=O)CCCC/C=C/CCCCCCCCCCC)CO[C@H]1O[C@@H](CO)[C@@H](O)C(O)C1O. The lowest BCUT2D eigenvalue weighted by Gasteiger charge is -2.39. The molecule has 6 atom stereocenters. The van der Waals surface area contributed by atoms with Gasteiger partial charge in [-0.2, -0.15) is 0 Å². The van der Waals surface area contributed by atoms with Gasteiger partial charge in [0.25, 0.3) is 0 Å². The Morgan fingerprint density at radius 1 is 0.582 bits per heavy atom. The third-order valence-electron chi connectivity index (χ3n) is 9.39. The molecule has 0 aliphatic carbocycles. The highest BCUT2D eigenvalue weighted by molar-refractivity contribution is 5.70. The Morgan fingerprint density at radius 3 is 1.64 bits per heavy atom. The number of carbonyl (C=O) groups excluding carboxylic acids is 2. The normalized spacial score (nSPS) is 21.2. The maximum absolute atomic E-state index is 12.7. The highest BCUT2D eigenvalue weighted by Crippen LogP contribution is 2.22. The first-order valence-electron chi connectivity index (χ1n) is 21.4. The van der Waals surface area contributed by atoms with E-state index in [0.717, 1.165) is 57.8 Å². The molecule has 0 radical (unpaired) electrons. The maximum Gasteiger partial charge on any atom is 0.306 e. The van der Waals surface area contributed by atoms with Crippen molar-refractivity contribution in [2.24, 2.45) is 0 Å². The average Bonchev–Trinajstić information content (AvgIpc) is 3.18. The van der Waals surface area contributed by atoms with Crippen molar-refractivity contribution in [1.82, 2.24) is 0 Å². The summed E-state index contributed by atoms with van der Waals surface area (Å²) in [4.78, 5) is 25.2. The van der Waals surface area contributed by atoms with Gasteiger partial charge in [-0.15, -0.1) is 0 Å². The van der Waals surface area contributed by atoms with Crippen LogP contribution in [-0.4, -0.2) is 89.0 Å². The summed E-state index contributed by atoms with van der Waals surface area (Å²) >= 11 is 0. The van der Waals surface area contributed by atoms with Crippen molar-refractivity contribution in [1.29, 1.82) is 0 Å². The van der Waals surface area contributed by atoms with Crippen LogP contribution in [-0.2, 0) is 28.5 Å². The van der Waals surface area contributed by atoms with Crippen LogP contribution in [0.2, 0.25) is 0 Å². The minimum absolute atomic E-state index is 0.171. The molecular formula is C45H76O10. The van der Waals surface area contributed by atoms with Gasteiger partial charge < -0.3 is 39.4 Å². The summed E-state index contributed by atoms with van der Waals surface area (Å²) < 4.78 is 22.0. The first-order valence-corrected chi connectivity index (χ1v) is 21.4. The van der Waals surface area contributed by atoms with Gasteiger partial charge in [0.15, 0.2) is 12.4 Å². The quantitative estimate of drug-likeness (QED) is 0.0284. The Bertz CT molecular complexity index is 1080. The summed E-state index contributed by atoms with van der Waals surface area (Å²) in [5, 5.41) is 40.0. The fraction of sp³-hybridized carbons (Fsp3) is 0.733. The molecule has 1 heterocycles. The van der Waals surface area contributed by atoms with E-state index in [1.807, 2.05) is 0 Å². The van der Waals surface area contributed by atoms with E-state index in [9.17, 15) is 30.0 Å². The Hall–Kier alpha value is -2.60. The van der Waals surface area contributed by atoms with Crippen molar-refractivity contribution >= 4 is 11.9 Å². The third-order valence-corrected chi connectivity index (χ3v) is 9.39. The number of aliphatic hydroxyl groups excluding tert-OH is 4. The molecular weight excluding hydrogens is 700 g/mol. The molecule has 0 aromatic heterocycles. The summed E-state index contributed by atoms with van der Waals surface area (Å²) in [6, 6.07) is 0.